The van der Waals surface area contributed by atoms with Crippen molar-refractivity contribution >= 4 is 35.6 Å². The normalized spacial score (nSPS) is 15.3. The lowest BCUT2D eigenvalue weighted by molar-refractivity contribution is -0.122. The van der Waals surface area contributed by atoms with Crippen molar-refractivity contribution in [2.75, 3.05) is 4.90 Å². The number of furan rings is 1. The summed E-state index contributed by atoms with van der Waals surface area (Å²) in [6, 6.07) is 15.2. The number of amides is 4. The molecule has 0 atom stereocenters. The number of carboxylic acids is 1. The maximum absolute atomic E-state index is 12.9. The van der Waals surface area contributed by atoms with E-state index in [0.717, 1.165) is 10.5 Å². The van der Waals surface area contributed by atoms with Crippen LogP contribution in [-0.2, 0) is 9.59 Å². The summed E-state index contributed by atoms with van der Waals surface area (Å²) in [6.07, 6.45) is 1.26. The Kier molecular flexibility index (Phi) is 4.96. The minimum Gasteiger partial charge on any atom is -0.478 e. The first-order valence-corrected chi connectivity index (χ1v) is 9.25. The van der Waals surface area contributed by atoms with Crippen LogP contribution in [0, 0.1) is 6.92 Å². The van der Waals surface area contributed by atoms with Crippen LogP contribution in [0.25, 0.3) is 17.4 Å². The number of hydrogen-bond donors (Lipinski definition) is 2. The molecule has 4 rings (SSSR count). The molecule has 1 saturated heterocycles. The second kappa shape index (κ2) is 7.75. The molecule has 2 heterocycles. The highest BCUT2D eigenvalue weighted by Gasteiger charge is 2.37. The average molecular weight is 416 g/mol. The largest absolute Gasteiger partial charge is 0.478 e. The molecule has 0 spiro atoms. The van der Waals surface area contributed by atoms with E-state index in [1.165, 1.54) is 18.2 Å². The van der Waals surface area contributed by atoms with Crippen LogP contribution in [0.15, 0.2) is 70.7 Å². The predicted octanol–water partition coefficient (Wildman–Crippen LogP) is 3.62. The molecule has 8 heteroatoms. The minimum atomic E-state index is -1.04. The lowest BCUT2D eigenvalue weighted by Gasteiger charge is -2.26. The van der Waals surface area contributed by atoms with Gasteiger partial charge < -0.3 is 9.52 Å². The number of carbonyl (C=O) groups excluding carboxylic acids is 3. The number of aromatic carboxylic acids is 1. The van der Waals surface area contributed by atoms with Crippen LogP contribution in [0.2, 0.25) is 0 Å². The summed E-state index contributed by atoms with van der Waals surface area (Å²) in [5.74, 6) is -1.96. The van der Waals surface area contributed by atoms with Gasteiger partial charge in [-0.2, -0.15) is 0 Å². The van der Waals surface area contributed by atoms with Crippen LogP contribution in [0.3, 0.4) is 0 Å². The number of nitrogens with zero attached hydrogens (tertiary/aromatic N) is 1. The summed E-state index contributed by atoms with van der Waals surface area (Å²) in [4.78, 5) is 49.3. The van der Waals surface area contributed by atoms with Crippen molar-refractivity contribution in [2.45, 2.75) is 6.92 Å². The number of urea groups is 1. The van der Waals surface area contributed by atoms with Crippen molar-refractivity contribution < 1.29 is 28.7 Å². The maximum atomic E-state index is 12.9. The molecular weight excluding hydrogens is 400 g/mol. The molecule has 31 heavy (non-hydrogen) atoms. The molecule has 1 aromatic heterocycles. The van der Waals surface area contributed by atoms with E-state index in [0.29, 0.717) is 17.0 Å². The molecule has 3 aromatic rings. The number of nitrogens with one attached hydrogen (secondary N) is 1. The van der Waals surface area contributed by atoms with E-state index in [4.69, 9.17) is 9.52 Å². The van der Waals surface area contributed by atoms with E-state index in [2.05, 4.69) is 5.32 Å². The number of carboxylic acid groups (broad SMARTS) is 1. The number of carbonyl (C=O) groups is 4. The van der Waals surface area contributed by atoms with E-state index in [9.17, 15) is 19.2 Å². The van der Waals surface area contributed by atoms with Gasteiger partial charge in [0.1, 0.15) is 17.1 Å². The van der Waals surface area contributed by atoms with Crippen LogP contribution in [0.5, 0.6) is 0 Å². The number of anilines is 1. The van der Waals surface area contributed by atoms with Gasteiger partial charge >= 0.3 is 12.0 Å². The lowest BCUT2D eigenvalue weighted by Crippen LogP contribution is -2.54. The molecule has 2 aromatic carbocycles. The number of imide groups is 2. The molecule has 0 bridgehead atoms. The van der Waals surface area contributed by atoms with Gasteiger partial charge in [-0.1, -0.05) is 29.8 Å². The van der Waals surface area contributed by atoms with Crippen LogP contribution in [0.4, 0.5) is 10.5 Å². The molecule has 8 nitrogen and oxygen atoms in total. The van der Waals surface area contributed by atoms with Crippen LogP contribution < -0.4 is 10.2 Å². The van der Waals surface area contributed by atoms with Gasteiger partial charge in [-0.3, -0.25) is 14.9 Å². The monoisotopic (exact) mass is 416 g/mol. The fourth-order valence-electron chi connectivity index (χ4n) is 3.09. The highest BCUT2D eigenvalue weighted by atomic mass is 16.4. The van der Waals surface area contributed by atoms with Crippen LogP contribution in [-0.4, -0.2) is 28.9 Å². The van der Waals surface area contributed by atoms with Crippen molar-refractivity contribution in [2.24, 2.45) is 0 Å². The topological polar surface area (TPSA) is 117 Å². The Labute approximate surface area is 176 Å². The zero-order valence-corrected chi connectivity index (χ0v) is 16.3. The molecule has 0 aliphatic carbocycles. The highest BCUT2D eigenvalue weighted by Crippen LogP contribution is 2.26. The second-order valence-electron chi connectivity index (χ2n) is 6.88. The summed E-state index contributed by atoms with van der Waals surface area (Å²) < 4.78 is 5.69. The number of benzene rings is 2. The molecule has 154 valence electrons. The van der Waals surface area contributed by atoms with Gasteiger partial charge in [-0.25, -0.2) is 14.5 Å². The first-order chi connectivity index (χ1) is 14.8. The fourth-order valence-corrected chi connectivity index (χ4v) is 3.09. The second-order valence-corrected chi connectivity index (χ2v) is 6.88. The Morgan fingerprint density at radius 1 is 0.968 bits per heavy atom. The quantitative estimate of drug-likeness (QED) is 0.496. The van der Waals surface area contributed by atoms with Gasteiger partial charge in [0.05, 0.1) is 11.3 Å². The van der Waals surface area contributed by atoms with Gasteiger partial charge in [0.15, 0.2) is 0 Å². The van der Waals surface area contributed by atoms with E-state index < -0.39 is 23.8 Å². The molecule has 1 aliphatic heterocycles. The fraction of sp³-hybridized carbons (Fsp3) is 0.0435. The van der Waals surface area contributed by atoms with E-state index in [-0.39, 0.29) is 16.9 Å². The summed E-state index contributed by atoms with van der Waals surface area (Å²) in [7, 11) is 0. The standard InChI is InChI=1S/C23H16N2O6/c1-13-2-8-16(9-3-13)25-21(27)18(20(26)24-23(25)30)12-17-10-11-19(31-17)14-4-6-15(7-5-14)22(28)29/h2-12H,1H3,(H,28,29)(H,24,26,30)/b18-12+. The number of rotatable bonds is 4. The molecule has 0 unspecified atom stereocenters. The lowest BCUT2D eigenvalue weighted by atomic mass is 10.1. The molecule has 4 amide bonds. The zero-order chi connectivity index (χ0) is 22.1. The molecular formula is C23H16N2O6. The van der Waals surface area contributed by atoms with Crippen LogP contribution in [0.1, 0.15) is 21.7 Å². The highest BCUT2D eigenvalue weighted by molar-refractivity contribution is 6.39. The van der Waals surface area contributed by atoms with E-state index in [1.54, 1.807) is 48.5 Å². The number of hydrogen-bond acceptors (Lipinski definition) is 5. The average Bonchev–Trinajstić information content (AvgIpc) is 3.21. The Morgan fingerprint density at radius 3 is 2.29 bits per heavy atom. The number of aryl methyl sites for hydroxylation is 1. The summed E-state index contributed by atoms with van der Waals surface area (Å²) in [5.41, 5.74) is 1.82. The Balaban J connectivity index is 1.63. The van der Waals surface area contributed by atoms with Gasteiger partial charge in [-0.15, -0.1) is 0 Å². The van der Waals surface area contributed by atoms with Crippen molar-refractivity contribution in [3.8, 4) is 11.3 Å². The molecule has 0 radical (unpaired) electrons. The third-order valence-electron chi connectivity index (χ3n) is 4.72. The SMILES string of the molecule is Cc1ccc(N2C(=O)NC(=O)/C(=C\c3ccc(-c4ccc(C(=O)O)cc4)o3)C2=O)cc1. The molecule has 1 fully saturated rings. The molecule has 0 saturated carbocycles. The Hall–Kier alpha value is -4.46. The van der Waals surface area contributed by atoms with Crippen molar-refractivity contribution in [3.05, 3.63) is 83.1 Å². The maximum Gasteiger partial charge on any atom is 0.335 e. The first kappa shape index (κ1) is 19.8. The third-order valence-corrected chi connectivity index (χ3v) is 4.72. The molecule has 1 aliphatic rings. The Morgan fingerprint density at radius 2 is 1.65 bits per heavy atom. The summed E-state index contributed by atoms with van der Waals surface area (Å²) in [5, 5.41) is 11.1. The van der Waals surface area contributed by atoms with Crippen LogP contribution >= 0.6 is 0 Å². The Bertz CT molecular complexity index is 1240. The van der Waals surface area contributed by atoms with E-state index in [1.807, 2.05) is 6.92 Å². The summed E-state index contributed by atoms with van der Waals surface area (Å²) in [6.45, 7) is 1.88. The summed E-state index contributed by atoms with van der Waals surface area (Å²) >= 11 is 0. The van der Waals surface area contributed by atoms with Gasteiger partial charge in [0.25, 0.3) is 11.8 Å². The zero-order valence-electron chi connectivity index (χ0n) is 16.3. The smallest absolute Gasteiger partial charge is 0.335 e. The van der Waals surface area contributed by atoms with Crippen molar-refractivity contribution in [1.82, 2.24) is 5.32 Å². The van der Waals surface area contributed by atoms with Gasteiger partial charge in [0, 0.05) is 5.56 Å². The third kappa shape index (κ3) is 3.86. The predicted molar refractivity (Wildman–Crippen MR) is 111 cm³/mol. The van der Waals surface area contributed by atoms with Gasteiger partial charge in [-0.05, 0) is 49.4 Å². The first-order valence-electron chi connectivity index (χ1n) is 9.25. The van der Waals surface area contributed by atoms with Gasteiger partial charge in [0.2, 0.25) is 0 Å². The minimum absolute atomic E-state index is 0.142. The molecule has 2 N–H and O–H groups in total. The van der Waals surface area contributed by atoms with Crippen molar-refractivity contribution in [3.63, 3.8) is 0 Å². The number of barbiturate groups is 1. The van der Waals surface area contributed by atoms with E-state index >= 15 is 0 Å². The van der Waals surface area contributed by atoms with Crippen molar-refractivity contribution in [1.29, 1.82) is 0 Å².